The van der Waals surface area contributed by atoms with Crippen molar-refractivity contribution in [1.82, 2.24) is 5.32 Å². The van der Waals surface area contributed by atoms with Crippen molar-refractivity contribution in [3.05, 3.63) is 101 Å². The highest BCUT2D eigenvalue weighted by molar-refractivity contribution is 6.01. The fourth-order valence-electron chi connectivity index (χ4n) is 3.29. The molecule has 0 atom stereocenters. The monoisotopic (exact) mass is 458 g/mol. The first-order chi connectivity index (χ1) is 16.6. The molecule has 0 unspecified atom stereocenters. The normalized spacial score (nSPS) is 10.9. The van der Waals surface area contributed by atoms with Crippen LogP contribution in [0.5, 0.6) is 11.5 Å². The summed E-state index contributed by atoms with van der Waals surface area (Å²) in [5.74, 6) is 0.305. The smallest absolute Gasteiger partial charge is 0.261 e. The Morgan fingerprint density at radius 1 is 1.00 bits per heavy atom. The molecule has 0 aliphatic rings. The molecule has 174 valence electrons. The number of nitrogens with zero attached hydrogens (tertiary/aromatic N) is 1. The molecule has 34 heavy (non-hydrogen) atoms. The van der Waals surface area contributed by atoms with Crippen LogP contribution in [0.2, 0.25) is 0 Å². The Morgan fingerprint density at radius 3 is 2.47 bits per heavy atom. The number of benzene rings is 3. The number of rotatable bonds is 11. The van der Waals surface area contributed by atoms with Crippen molar-refractivity contribution in [3.63, 3.8) is 0 Å². The van der Waals surface area contributed by atoms with Crippen molar-refractivity contribution >= 4 is 12.0 Å². The summed E-state index contributed by atoms with van der Waals surface area (Å²) in [6.45, 7) is 3.01. The second-order valence-corrected chi connectivity index (χ2v) is 7.57. The quantitative estimate of drug-likeness (QED) is 0.235. The van der Waals surface area contributed by atoms with Crippen LogP contribution in [0.3, 0.4) is 0 Å². The van der Waals surface area contributed by atoms with Crippen LogP contribution in [-0.4, -0.2) is 19.1 Å². The average molecular weight is 459 g/mol. The Bertz CT molecular complexity index is 1150. The van der Waals surface area contributed by atoms with Gasteiger partial charge in [0.2, 0.25) is 0 Å². The van der Waals surface area contributed by atoms with Crippen molar-refractivity contribution < 1.29 is 18.7 Å². The molecule has 3 aromatic rings. The van der Waals surface area contributed by atoms with Crippen LogP contribution in [-0.2, 0) is 17.8 Å². The molecule has 0 spiro atoms. The molecular weight excluding hydrogens is 431 g/mol. The first kappa shape index (κ1) is 24.5. The first-order valence-electron chi connectivity index (χ1n) is 11.2. The summed E-state index contributed by atoms with van der Waals surface area (Å²) in [5, 5.41) is 12.3. The molecule has 3 aromatic carbocycles. The first-order valence-corrected chi connectivity index (χ1v) is 11.2. The van der Waals surface area contributed by atoms with Gasteiger partial charge in [0.05, 0.1) is 6.61 Å². The summed E-state index contributed by atoms with van der Waals surface area (Å²) < 4.78 is 24.6. The molecule has 0 heterocycles. The van der Waals surface area contributed by atoms with Gasteiger partial charge in [-0.05, 0) is 66.8 Å². The minimum atomic E-state index is -0.412. The van der Waals surface area contributed by atoms with E-state index in [1.54, 1.807) is 30.3 Å². The molecule has 6 heteroatoms. The van der Waals surface area contributed by atoms with Gasteiger partial charge < -0.3 is 14.8 Å². The molecule has 0 radical (unpaired) electrons. The molecule has 0 bridgehead atoms. The van der Waals surface area contributed by atoms with Crippen LogP contribution < -0.4 is 14.8 Å². The predicted molar refractivity (Wildman–Crippen MR) is 130 cm³/mol. The van der Waals surface area contributed by atoms with E-state index >= 15 is 0 Å². The maximum atomic E-state index is 13.1. The number of carbonyl (C=O) groups excluding carboxylic acids is 1. The maximum Gasteiger partial charge on any atom is 0.261 e. The van der Waals surface area contributed by atoms with E-state index in [4.69, 9.17) is 9.47 Å². The van der Waals surface area contributed by atoms with Gasteiger partial charge in [0, 0.05) is 6.54 Å². The molecule has 1 N–H and O–H groups in total. The van der Waals surface area contributed by atoms with Gasteiger partial charge in [0.15, 0.2) is 11.5 Å². The number of aryl methyl sites for hydroxylation is 1. The van der Waals surface area contributed by atoms with Gasteiger partial charge in [-0.3, -0.25) is 4.79 Å². The highest BCUT2D eigenvalue weighted by Crippen LogP contribution is 2.30. The molecule has 0 aliphatic carbocycles. The fraction of sp³-hybridized carbons (Fsp3) is 0.214. The second-order valence-electron chi connectivity index (χ2n) is 7.57. The van der Waals surface area contributed by atoms with Gasteiger partial charge in [-0.1, -0.05) is 48.5 Å². The Kier molecular flexibility index (Phi) is 9.24. The zero-order chi connectivity index (χ0) is 24.2. The molecule has 0 fully saturated rings. The molecule has 0 aromatic heterocycles. The predicted octanol–water partition coefficient (Wildman–Crippen LogP) is 5.46. The Labute approximate surface area is 199 Å². The van der Waals surface area contributed by atoms with Crippen molar-refractivity contribution in [2.24, 2.45) is 0 Å². The number of nitriles is 1. The van der Waals surface area contributed by atoms with Gasteiger partial charge >= 0.3 is 0 Å². The number of hydrogen-bond donors (Lipinski definition) is 1. The third kappa shape index (κ3) is 7.49. The SMILES string of the molecule is CCOc1cc(/C=C(/C#N)C(=O)NCCCc2ccccc2)ccc1OCc1ccc(F)cc1. The highest BCUT2D eigenvalue weighted by Gasteiger charge is 2.11. The number of nitrogens with one attached hydrogen (secondary N) is 1. The Morgan fingerprint density at radius 2 is 1.76 bits per heavy atom. The van der Waals surface area contributed by atoms with E-state index in [9.17, 15) is 14.4 Å². The van der Waals surface area contributed by atoms with Crippen LogP contribution in [0.15, 0.2) is 78.4 Å². The van der Waals surface area contributed by atoms with Gasteiger partial charge in [-0.15, -0.1) is 0 Å². The third-order valence-corrected chi connectivity index (χ3v) is 5.02. The van der Waals surface area contributed by atoms with Crippen molar-refractivity contribution in [2.75, 3.05) is 13.2 Å². The van der Waals surface area contributed by atoms with E-state index in [1.807, 2.05) is 43.3 Å². The molecule has 1 amide bonds. The number of halogens is 1. The van der Waals surface area contributed by atoms with Crippen LogP contribution in [0.25, 0.3) is 6.08 Å². The van der Waals surface area contributed by atoms with Gasteiger partial charge in [-0.25, -0.2) is 4.39 Å². The van der Waals surface area contributed by atoms with E-state index in [2.05, 4.69) is 5.32 Å². The van der Waals surface area contributed by atoms with E-state index < -0.39 is 5.91 Å². The summed E-state index contributed by atoms with van der Waals surface area (Å²) >= 11 is 0. The molecule has 3 rings (SSSR count). The molecule has 0 aliphatic heterocycles. The molecule has 0 saturated carbocycles. The lowest BCUT2D eigenvalue weighted by Crippen LogP contribution is -2.25. The van der Waals surface area contributed by atoms with Crippen LogP contribution in [0.4, 0.5) is 4.39 Å². The third-order valence-electron chi connectivity index (χ3n) is 5.02. The van der Waals surface area contributed by atoms with E-state index in [1.165, 1.54) is 23.8 Å². The lowest BCUT2D eigenvalue weighted by atomic mass is 10.1. The van der Waals surface area contributed by atoms with Crippen LogP contribution >= 0.6 is 0 Å². The molecular formula is C28H27FN2O3. The van der Waals surface area contributed by atoms with Gasteiger partial charge in [-0.2, -0.15) is 5.26 Å². The molecule has 5 nitrogen and oxygen atoms in total. The van der Waals surface area contributed by atoms with Crippen molar-refractivity contribution in [1.29, 1.82) is 5.26 Å². The van der Waals surface area contributed by atoms with E-state index in [0.29, 0.717) is 30.2 Å². The number of ether oxygens (including phenoxy) is 2. The zero-order valence-electron chi connectivity index (χ0n) is 19.1. The van der Waals surface area contributed by atoms with Gasteiger partial charge in [0.1, 0.15) is 24.1 Å². The summed E-state index contributed by atoms with van der Waals surface area (Å²) in [6, 6.07) is 23.3. The van der Waals surface area contributed by atoms with Gasteiger partial charge in [0.25, 0.3) is 5.91 Å². The second kappa shape index (κ2) is 12.8. The standard InChI is InChI=1S/C28H27FN2O3/c1-2-33-27-18-23(12-15-26(27)34-20-22-10-13-25(29)14-11-22)17-24(19-30)28(32)31-16-6-9-21-7-4-3-5-8-21/h3-5,7-8,10-15,17-18H,2,6,9,16,20H2,1H3,(H,31,32)/b24-17-. The maximum absolute atomic E-state index is 13.1. The number of hydrogen-bond acceptors (Lipinski definition) is 4. The summed E-state index contributed by atoms with van der Waals surface area (Å²) in [7, 11) is 0. The minimum absolute atomic E-state index is 0.0159. The van der Waals surface area contributed by atoms with E-state index in [-0.39, 0.29) is 18.0 Å². The fourth-order valence-corrected chi connectivity index (χ4v) is 3.29. The number of carbonyl (C=O) groups is 1. The lowest BCUT2D eigenvalue weighted by molar-refractivity contribution is -0.117. The Balaban J connectivity index is 1.62. The summed E-state index contributed by atoms with van der Waals surface area (Å²) in [5.41, 5.74) is 2.69. The van der Waals surface area contributed by atoms with Crippen molar-refractivity contribution in [2.45, 2.75) is 26.4 Å². The average Bonchev–Trinajstić information content (AvgIpc) is 2.86. The molecule has 0 saturated heterocycles. The van der Waals surface area contributed by atoms with Crippen LogP contribution in [0.1, 0.15) is 30.0 Å². The Hall–Kier alpha value is -4.11. The highest BCUT2D eigenvalue weighted by atomic mass is 19.1. The largest absolute Gasteiger partial charge is 0.490 e. The minimum Gasteiger partial charge on any atom is -0.490 e. The van der Waals surface area contributed by atoms with Crippen LogP contribution in [0, 0.1) is 17.1 Å². The van der Waals surface area contributed by atoms with E-state index in [0.717, 1.165) is 18.4 Å². The summed E-state index contributed by atoms with van der Waals surface area (Å²) in [6.07, 6.45) is 3.16. The number of amides is 1. The lowest BCUT2D eigenvalue weighted by Gasteiger charge is -2.13. The zero-order valence-corrected chi connectivity index (χ0v) is 19.1. The summed E-state index contributed by atoms with van der Waals surface area (Å²) in [4.78, 5) is 12.5. The topological polar surface area (TPSA) is 71.3 Å². The van der Waals surface area contributed by atoms with Crippen molar-refractivity contribution in [3.8, 4) is 17.6 Å².